The highest BCUT2D eigenvalue weighted by Crippen LogP contribution is 2.31. The first kappa shape index (κ1) is 19.5. The Hall–Kier alpha value is -1.86. The number of amides is 1. The number of alkyl carbamates (subject to hydrolysis) is 1. The third kappa shape index (κ3) is 5.86. The van der Waals surface area contributed by atoms with Gasteiger partial charge in [0.05, 0.1) is 16.1 Å². The monoisotopic (exact) mass is 384 g/mol. The number of hydrogen-bond donors (Lipinski definition) is 3. The minimum Gasteiger partial charge on any atom is -0.445 e. The highest BCUT2D eigenvalue weighted by molar-refractivity contribution is 6.35. The topological polar surface area (TPSA) is 91.7 Å². The lowest BCUT2D eigenvalue weighted by Gasteiger charge is -2.20. The molecule has 2 unspecified atom stereocenters. The van der Waals surface area contributed by atoms with Crippen LogP contribution in [0.25, 0.3) is 0 Å². The molecule has 0 aliphatic rings. The van der Waals surface area contributed by atoms with Gasteiger partial charge in [0.1, 0.15) is 12.7 Å². The summed E-state index contributed by atoms with van der Waals surface area (Å²) in [5, 5.41) is 23.1. The van der Waals surface area contributed by atoms with Crippen LogP contribution in [0.2, 0.25) is 10.0 Å². The molecule has 0 saturated carbocycles. The van der Waals surface area contributed by atoms with Gasteiger partial charge in [-0.25, -0.2) is 4.79 Å². The number of aromatic nitrogens is 1. The van der Waals surface area contributed by atoms with Crippen LogP contribution in [-0.2, 0) is 11.3 Å². The number of carbonyl (C=O) groups excluding carboxylic acids is 1. The van der Waals surface area contributed by atoms with E-state index in [1.54, 1.807) is 0 Å². The summed E-state index contributed by atoms with van der Waals surface area (Å²) in [6.45, 7) is 0.270. The van der Waals surface area contributed by atoms with Gasteiger partial charge in [-0.1, -0.05) is 53.5 Å². The summed E-state index contributed by atoms with van der Waals surface area (Å²) in [7, 11) is 0. The molecule has 0 bridgehead atoms. The van der Waals surface area contributed by atoms with Crippen molar-refractivity contribution >= 4 is 29.3 Å². The van der Waals surface area contributed by atoms with Gasteiger partial charge in [-0.3, -0.25) is 4.98 Å². The van der Waals surface area contributed by atoms with Crippen LogP contribution >= 0.6 is 23.2 Å². The molecule has 1 amide bonds. The molecule has 6 nitrogen and oxygen atoms in total. The van der Waals surface area contributed by atoms with E-state index >= 15 is 0 Å². The Labute approximate surface area is 155 Å². The normalized spacial score (nSPS) is 13.1. The van der Waals surface area contributed by atoms with E-state index in [0.29, 0.717) is 0 Å². The molecule has 134 valence electrons. The van der Waals surface area contributed by atoms with Crippen molar-refractivity contribution in [2.45, 2.75) is 25.2 Å². The molecule has 2 atom stereocenters. The molecule has 0 aliphatic carbocycles. The van der Waals surface area contributed by atoms with E-state index in [9.17, 15) is 15.0 Å². The van der Waals surface area contributed by atoms with Crippen LogP contribution in [0, 0.1) is 0 Å². The van der Waals surface area contributed by atoms with E-state index in [2.05, 4.69) is 10.3 Å². The second kappa shape index (κ2) is 9.58. The summed E-state index contributed by atoms with van der Waals surface area (Å²) >= 11 is 11.9. The maximum absolute atomic E-state index is 11.6. The zero-order valence-electron chi connectivity index (χ0n) is 13.2. The Morgan fingerprint density at radius 1 is 1.16 bits per heavy atom. The van der Waals surface area contributed by atoms with Gasteiger partial charge in [0, 0.05) is 24.5 Å². The molecule has 3 N–H and O–H groups in total. The Balaban J connectivity index is 1.76. The van der Waals surface area contributed by atoms with Crippen LogP contribution in [0.3, 0.4) is 0 Å². The second-order valence-electron chi connectivity index (χ2n) is 5.31. The molecule has 0 saturated heterocycles. The fourth-order valence-electron chi connectivity index (χ4n) is 2.15. The summed E-state index contributed by atoms with van der Waals surface area (Å²) in [6, 6.07) is 9.26. The SMILES string of the molecule is O=C(NCCC(O)C(O)c1c(Cl)cncc1Cl)OCc1ccccc1. The molecule has 1 heterocycles. The van der Waals surface area contributed by atoms with E-state index in [1.165, 1.54) is 12.4 Å². The quantitative estimate of drug-likeness (QED) is 0.681. The van der Waals surface area contributed by atoms with Crippen LogP contribution < -0.4 is 5.32 Å². The van der Waals surface area contributed by atoms with E-state index in [1.807, 2.05) is 30.3 Å². The summed E-state index contributed by atoms with van der Waals surface area (Å²) in [5.74, 6) is 0. The van der Waals surface area contributed by atoms with Gasteiger partial charge in [-0.2, -0.15) is 0 Å². The number of nitrogens with one attached hydrogen (secondary N) is 1. The average Bonchev–Trinajstić information content (AvgIpc) is 2.60. The van der Waals surface area contributed by atoms with Gasteiger partial charge < -0.3 is 20.3 Å². The molecule has 1 aromatic heterocycles. The molecular formula is C17H18Cl2N2O4. The zero-order valence-corrected chi connectivity index (χ0v) is 14.7. The Morgan fingerprint density at radius 3 is 2.44 bits per heavy atom. The molecule has 1 aromatic carbocycles. The van der Waals surface area contributed by atoms with Gasteiger partial charge in [0.25, 0.3) is 0 Å². The summed E-state index contributed by atoms with van der Waals surface area (Å²) in [5.41, 5.74) is 1.08. The van der Waals surface area contributed by atoms with Gasteiger partial charge in [-0.15, -0.1) is 0 Å². The Kier molecular flexibility index (Phi) is 7.46. The molecule has 0 aliphatic heterocycles. The number of hydrogen-bond acceptors (Lipinski definition) is 5. The predicted octanol–water partition coefficient (Wildman–Crippen LogP) is 3.10. The first-order valence-electron chi connectivity index (χ1n) is 7.58. The smallest absolute Gasteiger partial charge is 0.407 e. The van der Waals surface area contributed by atoms with Crippen LogP contribution in [0.4, 0.5) is 4.79 Å². The number of benzene rings is 1. The maximum Gasteiger partial charge on any atom is 0.407 e. The molecular weight excluding hydrogens is 367 g/mol. The minimum absolute atomic E-state index is 0.0938. The van der Waals surface area contributed by atoms with Crippen molar-refractivity contribution in [1.29, 1.82) is 0 Å². The van der Waals surface area contributed by atoms with Crippen LogP contribution in [-0.4, -0.2) is 33.9 Å². The fraction of sp³-hybridized carbons (Fsp3) is 0.294. The Morgan fingerprint density at radius 2 is 1.80 bits per heavy atom. The number of carbonyl (C=O) groups is 1. The van der Waals surface area contributed by atoms with Gasteiger partial charge >= 0.3 is 6.09 Å². The van der Waals surface area contributed by atoms with E-state index in [-0.39, 0.29) is 35.2 Å². The molecule has 0 fully saturated rings. The third-order valence-electron chi connectivity index (χ3n) is 3.47. The van der Waals surface area contributed by atoms with E-state index in [4.69, 9.17) is 27.9 Å². The summed E-state index contributed by atoms with van der Waals surface area (Å²) < 4.78 is 5.05. The Bertz CT molecular complexity index is 680. The number of halogens is 2. The summed E-state index contributed by atoms with van der Waals surface area (Å²) in [6.07, 6.45) is -0.297. The highest BCUT2D eigenvalue weighted by atomic mass is 35.5. The first-order valence-corrected chi connectivity index (χ1v) is 8.34. The molecule has 8 heteroatoms. The zero-order chi connectivity index (χ0) is 18.2. The number of ether oxygens (including phenoxy) is 1. The number of rotatable bonds is 7. The number of pyridine rings is 1. The molecule has 2 aromatic rings. The third-order valence-corrected chi connectivity index (χ3v) is 4.08. The highest BCUT2D eigenvalue weighted by Gasteiger charge is 2.23. The minimum atomic E-state index is -1.29. The predicted molar refractivity (Wildman–Crippen MR) is 94.5 cm³/mol. The van der Waals surface area contributed by atoms with E-state index < -0.39 is 18.3 Å². The van der Waals surface area contributed by atoms with Crippen molar-refractivity contribution in [3.05, 3.63) is 63.9 Å². The number of aliphatic hydroxyl groups is 2. The van der Waals surface area contributed by atoms with Gasteiger partial charge in [-0.05, 0) is 12.0 Å². The summed E-state index contributed by atoms with van der Waals surface area (Å²) in [4.78, 5) is 15.4. The van der Waals surface area contributed by atoms with Crippen LogP contribution in [0.1, 0.15) is 23.7 Å². The standard InChI is InChI=1S/C17H18Cl2N2O4/c18-12-8-20-9-13(19)15(12)16(23)14(22)6-7-21-17(24)25-10-11-4-2-1-3-5-11/h1-5,8-9,14,16,22-23H,6-7,10H2,(H,21,24). The van der Waals surface area contributed by atoms with Crippen molar-refractivity contribution < 1.29 is 19.7 Å². The molecule has 25 heavy (non-hydrogen) atoms. The van der Waals surface area contributed by atoms with Crippen molar-refractivity contribution in [1.82, 2.24) is 10.3 Å². The fourth-order valence-corrected chi connectivity index (χ4v) is 2.74. The lowest BCUT2D eigenvalue weighted by Crippen LogP contribution is -2.30. The van der Waals surface area contributed by atoms with Crippen LogP contribution in [0.5, 0.6) is 0 Å². The molecule has 2 rings (SSSR count). The largest absolute Gasteiger partial charge is 0.445 e. The average molecular weight is 385 g/mol. The lowest BCUT2D eigenvalue weighted by molar-refractivity contribution is 0.0137. The number of nitrogens with zero attached hydrogens (tertiary/aromatic N) is 1. The van der Waals surface area contributed by atoms with Crippen molar-refractivity contribution in [2.24, 2.45) is 0 Å². The molecule has 0 radical (unpaired) electrons. The van der Waals surface area contributed by atoms with Crippen molar-refractivity contribution in [2.75, 3.05) is 6.54 Å². The van der Waals surface area contributed by atoms with E-state index in [0.717, 1.165) is 5.56 Å². The molecule has 0 spiro atoms. The first-order chi connectivity index (χ1) is 12.0. The van der Waals surface area contributed by atoms with Gasteiger partial charge in [0.2, 0.25) is 0 Å². The second-order valence-corrected chi connectivity index (χ2v) is 6.12. The van der Waals surface area contributed by atoms with Crippen molar-refractivity contribution in [3.8, 4) is 0 Å². The van der Waals surface area contributed by atoms with Crippen LogP contribution in [0.15, 0.2) is 42.7 Å². The van der Waals surface area contributed by atoms with Gasteiger partial charge in [0.15, 0.2) is 0 Å². The number of aliphatic hydroxyl groups excluding tert-OH is 2. The van der Waals surface area contributed by atoms with Crippen molar-refractivity contribution in [3.63, 3.8) is 0 Å². The lowest BCUT2D eigenvalue weighted by atomic mass is 10.0. The maximum atomic E-state index is 11.6.